The summed E-state index contributed by atoms with van der Waals surface area (Å²) in [5.41, 5.74) is -1.21. The molecule has 0 aliphatic heterocycles. The van der Waals surface area contributed by atoms with Crippen molar-refractivity contribution in [3.63, 3.8) is 0 Å². The Labute approximate surface area is 135 Å². The van der Waals surface area contributed by atoms with E-state index in [0.29, 0.717) is 0 Å². The molecule has 1 aromatic carbocycles. The van der Waals surface area contributed by atoms with E-state index < -0.39 is 37.8 Å². The van der Waals surface area contributed by atoms with E-state index in [9.17, 15) is 17.2 Å². The van der Waals surface area contributed by atoms with Crippen LogP contribution >= 0.6 is 23.2 Å². The molecule has 9 heteroatoms. The predicted octanol–water partition coefficient (Wildman–Crippen LogP) is 3.45. The number of halogens is 4. The molecule has 0 atom stereocenters. The van der Waals surface area contributed by atoms with E-state index >= 15 is 0 Å². The Hall–Kier alpha value is -1.88. The zero-order chi connectivity index (χ0) is 16.5. The number of benzene rings is 1. The Morgan fingerprint density at radius 3 is 2.59 bits per heavy atom. The van der Waals surface area contributed by atoms with Gasteiger partial charge in [-0.15, -0.1) is 6.42 Å². The quantitative estimate of drug-likeness (QED) is 0.671. The van der Waals surface area contributed by atoms with Gasteiger partial charge in [-0.1, -0.05) is 29.1 Å². The topological polar surface area (TPSA) is 59.1 Å². The van der Waals surface area contributed by atoms with Crippen LogP contribution in [0.4, 0.5) is 14.5 Å². The molecule has 0 saturated carbocycles. The van der Waals surface area contributed by atoms with Crippen LogP contribution in [0.25, 0.3) is 0 Å². The van der Waals surface area contributed by atoms with Crippen LogP contribution in [0.1, 0.15) is 5.56 Å². The van der Waals surface area contributed by atoms with Gasteiger partial charge in [-0.25, -0.2) is 22.2 Å². The smallest absolute Gasteiger partial charge is 0.265 e. The summed E-state index contributed by atoms with van der Waals surface area (Å²) >= 11 is 11.4. The third kappa shape index (κ3) is 3.14. The van der Waals surface area contributed by atoms with Gasteiger partial charge in [0.1, 0.15) is 15.9 Å². The molecular weight excluding hydrogens is 357 g/mol. The van der Waals surface area contributed by atoms with Crippen molar-refractivity contribution >= 4 is 38.9 Å². The number of pyridine rings is 1. The van der Waals surface area contributed by atoms with Crippen molar-refractivity contribution in [1.82, 2.24) is 4.98 Å². The van der Waals surface area contributed by atoms with Gasteiger partial charge in [0, 0.05) is 6.20 Å². The van der Waals surface area contributed by atoms with Crippen molar-refractivity contribution < 1.29 is 17.2 Å². The summed E-state index contributed by atoms with van der Waals surface area (Å²) in [6, 6.07) is 2.78. The Kier molecular flexibility index (Phi) is 4.56. The molecule has 2 rings (SSSR count). The van der Waals surface area contributed by atoms with Gasteiger partial charge in [0.25, 0.3) is 10.0 Å². The number of hydrogen-bond donors (Lipinski definition) is 1. The molecule has 1 N–H and O–H groups in total. The lowest BCUT2D eigenvalue weighted by Crippen LogP contribution is -2.15. The monoisotopic (exact) mass is 362 g/mol. The van der Waals surface area contributed by atoms with E-state index in [0.717, 1.165) is 24.4 Å². The fourth-order valence-corrected chi connectivity index (χ4v) is 3.30. The first-order chi connectivity index (χ1) is 10.3. The van der Waals surface area contributed by atoms with Gasteiger partial charge in [0.2, 0.25) is 0 Å². The van der Waals surface area contributed by atoms with E-state index in [1.807, 2.05) is 4.72 Å². The predicted molar refractivity (Wildman–Crippen MR) is 79.4 cm³/mol. The number of sulfonamides is 1. The third-order valence-corrected chi connectivity index (χ3v) is 4.54. The molecule has 22 heavy (non-hydrogen) atoms. The first-order valence-corrected chi connectivity index (χ1v) is 7.78. The maximum atomic E-state index is 14.0. The lowest BCUT2D eigenvalue weighted by Gasteiger charge is -2.11. The Morgan fingerprint density at radius 2 is 1.95 bits per heavy atom. The highest BCUT2D eigenvalue weighted by molar-refractivity contribution is 7.92. The molecule has 0 fully saturated rings. The molecule has 0 bridgehead atoms. The second-order valence-corrected chi connectivity index (χ2v) is 6.42. The molecule has 0 saturated heterocycles. The number of nitrogens with one attached hydrogen (secondary N) is 1. The van der Waals surface area contributed by atoms with Crippen molar-refractivity contribution in [1.29, 1.82) is 0 Å². The van der Waals surface area contributed by atoms with E-state index in [-0.39, 0.29) is 10.2 Å². The van der Waals surface area contributed by atoms with E-state index in [1.54, 1.807) is 5.92 Å². The van der Waals surface area contributed by atoms with Crippen molar-refractivity contribution in [3.05, 3.63) is 51.8 Å². The molecule has 114 valence electrons. The molecule has 0 aliphatic rings. The third-order valence-electron chi connectivity index (χ3n) is 2.54. The van der Waals surface area contributed by atoms with Gasteiger partial charge in [0.05, 0.1) is 16.3 Å². The Morgan fingerprint density at radius 1 is 1.27 bits per heavy atom. The summed E-state index contributed by atoms with van der Waals surface area (Å²) in [5.74, 6) is -0.386. The van der Waals surface area contributed by atoms with Crippen LogP contribution in [-0.2, 0) is 10.0 Å². The highest BCUT2D eigenvalue weighted by Crippen LogP contribution is 2.27. The molecule has 0 aliphatic carbocycles. The van der Waals surface area contributed by atoms with Crippen molar-refractivity contribution in [2.24, 2.45) is 0 Å². The molecule has 1 heterocycles. The summed E-state index contributed by atoms with van der Waals surface area (Å²) in [4.78, 5) is 3.13. The van der Waals surface area contributed by atoms with Crippen LogP contribution in [0.2, 0.25) is 10.2 Å². The molecule has 0 unspecified atom stereocenters. The van der Waals surface area contributed by atoms with Crippen molar-refractivity contribution in [2.45, 2.75) is 4.90 Å². The van der Waals surface area contributed by atoms with E-state index in [1.165, 1.54) is 0 Å². The Balaban J connectivity index is 2.51. The van der Waals surface area contributed by atoms with Gasteiger partial charge < -0.3 is 0 Å². The maximum absolute atomic E-state index is 14.0. The fraction of sp³-hybridized carbons (Fsp3) is 0. The fourth-order valence-electron chi connectivity index (χ4n) is 1.56. The average molecular weight is 363 g/mol. The normalized spacial score (nSPS) is 11.0. The largest absolute Gasteiger partial charge is 0.277 e. The van der Waals surface area contributed by atoms with Crippen molar-refractivity contribution in [2.75, 3.05) is 4.72 Å². The standard InChI is InChI=1S/C13H6Cl2F2N2O2S/c1-2-8-9(16)3-4-10(12(8)17)19-22(20,21)11-5-7(14)6-18-13(11)15/h1,3-6,19H. The minimum Gasteiger partial charge on any atom is -0.277 e. The van der Waals surface area contributed by atoms with Gasteiger partial charge in [-0.3, -0.25) is 4.72 Å². The number of terminal acetylenes is 1. The van der Waals surface area contributed by atoms with Gasteiger partial charge in [-0.2, -0.15) is 0 Å². The van der Waals surface area contributed by atoms with Gasteiger partial charge >= 0.3 is 0 Å². The van der Waals surface area contributed by atoms with Crippen molar-refractivity contribution in [3.8, 4) is 12.3 Å². The zero-order valence-electron chi connectivity index (χ0n) is 10.6. The number of nitrogens with zero attached hydrogens (tertiary/aromatic N) is 1. The summed E-state index contributed by atoms with van der Waals surface area (Å²) < 4.78 is 53.6. The molecule has 0 radical (unpaired) electrons. The molecule has 0 spiro atoms. The first-order valence-electron chi connectivity index (χ1n) is 5.54. The summed E-state index contributed by atoms with van der Waals surface area (Å²) in [7, 11) is -4.29. The van der Waals surface area contributed by atoms with E-state index in [4.69, 9.17) is 29.6 Å². The number of anilines is 1. The minimum atomic E-state index is -4.29. The lowest BCUT2D eigenvalue weighted by molar-refractivity contribution is 0.578. The lowest BCUT2D eigenvalue weighted by atomic mass is 10.2. The first kappa shape index (κ1) is 16.5. The molecule has 2 aromatic rings. The molecule has 4 nitrogen and oxygen atoms in total. The summed E-state index contributed by atoms with van der Waals surface area (Å²) in [6.07, 6.45) is 6.13. The SMILES string of the molecule is C#Cc1c(F)ccc(NS(=O)(=O)c2cc(Cl)cnc2Cl)c1F. The summed E-state index contributed by atoms with van der Waals surface area (Å²) in [6.45, 7) is 0. The molecule has 0 amide bonds. The van der Waals surface area contributed by atoms with Crippen LogP contribution < -0.4 is 4.72 Å². The van der Waals surface area contributed by atoms with Crippen LogP contribution in [0.3, 0.4) is 0 Å². The number of rotatable bonds is 3. The van der Waals surface area contributed by atoms with E-state index in [2.05, 4.69) is 4.98 Å². The Bertz CT molecular complexity index is 896. The van der Waals surface area contributed by atoms with Crippen LogP contribution in [0.5, 0.6) is 0 Å². The molecule has 1 aromatic heterocycles. The highest BCUT2D eigenvalue weighted by Gasteiger charge is 2.22. The number of hydrogen-bond acceptors (Lipinski definition) is 3. The second-order valence-electron chi connectivity index (χ2n) is 3.98. The van der Waals surface area contributed by atoms with Crippen LogP contribution in [-0.4, -0.2) is 13.4 Å². The summed E-state index contributed by atoms with van der Waals surface area (Å²) in [5, 5.41) is -0.328. The highest BCUT2D eigenvalue weighted by atomic mass is 35.5. The average Bonchev–Trinajstić information content (AvgIpc) is 2.45. The van der Waals surface area contributed by atoms with Crippen LogP contribution in [0.15, 0.2) is 29.3 Å². The van der Waals surface area contributed by atoms with Gasteiger partial charge in [0.15, 0.2) is 5.82 Å². The zero-order valence-corrected chi connectivity index (χ0v) is 12.9. The number of aromatic nitrogens is 1. The van der Waals surface area contributed by atoms with Crippen LogP contribution in [0, 0.1) is 24.0 Å². The molecular formula is C13H6Cl2F2N2O2S. The van der Waals surface area contributed by atoms with Gasteiger partial charge in [-0.05, 0) is 18.2 Å². The minimum absolute atomic E-state index is 0.0219. The maximum Gasteiger partial charge on any atom is 0.265 e. The second kappa shape index (κ2) is 6.08.